The van der Waals surface area contributed by atoms with Crippen LogP contribution in [0.25, 0.3) is 21.8 Å². The molecule has 142 valence electrons. The van der Waals surface area contributed by atoms with E-state index in [0.717, 1.165) is 5.39 Å². The number of anilines is 2. The number of benzene rings is 1. The largest absolute Gasteiger partial charge is 0.336 e. The van der Waals surface area contributed by atoms with Crippen LogP contribution in [0.2, 0.25) is 0 Å². The standard InChI is InChI=1S/C18H17N7O2S/c1-18(2,10-19)25-9-11(7-21-25)22-17-16-14(8-20-24-16)13-6-12(28(3,26)27)4-5-15(13)23-17/h4-9H,1-3H3,(H,20,24)(H,22,23). The summed E-state index contributed by atoms with van der Waals surface area (Å²) in [4.78, 5) is 4.83. The van der Waals surface area contributed by atoms with Gasteiger partial charge in [-0.2, -0.15) is 15.5 Å². The molecular weight excluding hydrogens is 378 g/mol. The van der Waals surface area contributed by atoms with E-state index in [2.05, 4.69) is 31.7 Å². The summed E-state index contributed by atoms with van der Waals surface area (Å²) in [6.45, 7) is 3.54. The van der Waals surface area contributed by atoms with Crippen molar-refractivity contribution in [2.24, 2.45) is 0 Å². The Labute approximate surface area is 160 Å². The first-order chi connectivity index (χ1) is 13.2. The van der Waals surface area contributed by atoms with Crippen LogP contribution in [0, 0.1) is 11.3 Å². The highest BCUT2D eigenvalue weighted by Crippen LogP contribution is 2.31. The monoisotopic (exact) mass is 395 g/mol. The van der Waals surface area contributed by atoms with Gasteiger partial charge in [0.15, 0.2) is 15.7 Å². The van der Waals surface area contributed by atoms with Crippen LogP contribution >= 0.6 is 0 Å². The van der Waals surface area contributed by atoms with Gasteiger partial charge in [-0.15, -0.1) is 0 Å². The molecule has 0 atom stereocenters. The van der Waals surface area contributed by atoms with Gasteiger partial charge in [-0.3, -0.25) is 9.78 Å². The van der Waals surface area contributed by atoms with Crippen LogP contribution < -0.4 is 5.32 Å². The summed E-state index contributed by atoms with van der Waals surface area (Å²) in [5.74, 6) is 0.529. The lowest BCUT2D eigenvalue weighted by Crippen LogP contribution is -2.24. The molecule has 28 heavy (non-hydrogen) atoms. The zero-order valence-corrected chi connectivity index (χ0v) is 16.2. The molecule has 0 aliphatic carbocycles. The summed E-state index contributed by atoms with van der Waals surface area (Å²) in [7, 11) is -3.33. The third-order valence-electron chi connectivity index (χ3n) is 4.49. The smallest absolute Gasteiger partial charge is 0.175 e. The van der Waals surface area contributed by atoms with Gasteiger partial charge in [0.2, 0.25) is 0 Å². The molecular formula is C18H17N7O2S. The molecule has 0 saturated heterocycles. The van der Waals surface area contributed by atoms with E-state index in [-0.39, 0.29) is 4.90 Å². The maximum absolute atomic E-state index is 11.9. The van der Waals surface area contributed by atoms with E-state index in [4.69, 9.17) is 0 Å². The summed E-state index contributed by atoms with van der Waals surface area (Å²) >= 11 is 0. The normalized spacial score (nSPS) is 12.4. The van der Waals surface area contributed by atoms with Crippen molar-refractivity contribution in [1.82, 2.24) is 25.0 Å². The summed E-state index contributed by atoms with van der Waals surface area (Å²) in [6.07, 6.45) is 6.15. The third kappa shape index (κ3) is 2.95. The van der Waals surface area contributed by atoms with Crippen LogP contribution in [0.4, 0.5) is 11.5 Å². The number of aromatic nitrogens is 5. The van der Waals surface area contributed by atoms with Crippen LogP contribution in [0.1, 0.15) is 13.8 Å². The van der Waals surface area contributed by atoms with Gasteiger partial charge < -0.3 is 5.32 Å². The van der Waals surface area contributed by atoms with E-state index in [9.17, 15) is 13.7 Å². The fraction of sp³-hybridized carbons (Fsp3) is 0.222. The molecule has 0 radical (unpaired) electrons. The number of fused-ring (bicyclic) bond motifs is 3. The Morgan fingerprint density at radius 2 is 2.04 bits per heavy atom. The molecule has 0 fully saturated rings. The first-order valence-corrected chi connectivity index (χ1v) is 10.3. The van der Waals surface area contributed by atoms with E-state index >= 15 is 0 Å². The van der Waals surface area contributed by atoms with Gasteiger partial charge in [-0.05, 0) is 32.0 Å². The second-order valence-corrected chi connectivity index (χ2v) is 9.06. The quantitative estimate of drug-likeness (QED) is 0.543. The highest BCUT2D eigenvalue weighted by molar-refractivity contribution is 7.90. The molecule has 0 bridgehead atoms. The van der Waals surface area contributed by atoms with Crippen molar-refractivity contribution in [2.75, 3.05) is 11.6 Å². The summed E-state index contributed by atoms with van der Waals surface area (Å²) in [6, 6.07) is 7.01. The molecule has 0 saturated carbocycles. The molecule has 3 aromatic heterocycles. The second-order valence-electron chi connectivity index (χ2n) is 7.04. The number of H-pyrrole nitrogens is 1. The fourth-order valence-electron chi connectivity index (χ4n) is 2.88. The van der Waals surface area contributed by atoms with Gasteiger partial charge in [0.1, 0.15) is 11.1 Å². The first-order valence-electron chi connectivity index (χ1n) is 8.39. The lowest BCUT2D eigenvalue weighted by molar-refractivity contribution is 0.419. The molecule has 10 heteroatoms. The van der Waals surface area contributed by atoms with E-state index in [1.807, 2.05) is 0 Å². The van der Waals surface area contributed by atoms with Crippen LogP contribution in [0.15, 0.2) is 41.7 Å². The predicted octanol–water partition coefficient (Wildman–Crippen LogP) is 2.71. The highest BCUT2D eigenvalue weighted by atomic mass is 32.2. The lowest BCUT2D eigenvalue weighted by Gasteiger charge is -2.15. The molecule has 9 nitrogen and oxygen atoms in total. The Kier molecular flexibility index (Phi) is 3.87. The maximum Gasteiger partial charge on any atom is 0.175 e. The van der Waals surface area contributed by atoms with Crippen molar-refractivity contribution >= 4 is 43.1 Å². The predicted molar refractivity (Wildman–Crippen MR) is 105 cm³/mol. The van der Waals surface area contributed by atoms with Gasteiger partial charge in [-0.1, -0.05) is 0 Å². The number of rotatable bonds is 4. The molecule has 3 heterocycles. The third-order valence-corrected chi connectivity index (χ3v) is 5.60. The molecule has 0 amide bonds. The minimum Gasteiger partial charge on any atom is -0.336 e. The van der Waals surface area contributed by atoms with Gasteiger partial charge in [0.25, 0.3) is 0 Å². The van der Waals surface area contributed by atoms with Crippen molar-refractivity contribution in [2.45, 2.75) is 24.3 Å². The van der Waals surface area contributed by atoms with Crippen LogP contribution in [-0.2, 0) is 15.4 Å². The summed E-state index contributed by atoms with van der Waals surface area (Å²) in [5.41, 5.74) is 1.17. The number of pyridine rings is 1. The Balaban J connectivity index is 1.82. The van der Waals surface area contributed by atoms with Crippen LogP contribution in [-0.4, -0.2) is 39.6 Å². The number of hydrogen-bond donors (Lipinski definition) is 2. The van der Waals surface area contributed by atoms with Crippen LogP contribution in [0.5, 0.6) is 0 Å². The molecule has 0 unspecified atom stereocenters. The summed E-state index contributed by atoms with van der Waals surface area (Å²) < 4.78 is 25.3. The summed E-state index contributed by atoms with van der Waals surface area (Å²) in [5, 5.41) is 25.1. The van der Waals surface area contributed by atoms with E-state index in [0.29, 0.717) is 27.9 Å². The molecule has 0 aliphatic rings. The number of nitrogens with one attached hydrogen (secondary N) is 2. The Bertz CT molecular complexity index is 1360. The number of sulfone groups is 1. The number of nitriles is 1. The van der Waals surface area contributed by atoms with Crippen molar-refractivity contribution in [3.8, 4) is 6.07 Å². The van der Waals surface area contributed by atoms with Crippen molar-refractivity contribution < 1.29 is 8.42 Å². The number of nitrogens with zero attached hydrogens (tertiary/aromatic N) is 5. The van der Waals surface area contributed by atoms with Gasteiger partial charge in [0.05, 0.1) is 40.8 Å². The molecule has 4 rings (SSSR count). The maximum atomic E-state index is 11.9. The fourth-order valence-corrected chi connectivity index (χ4v) is 3.52. The average Bonchev–Trinajstić information content (AvgIpc) is 3.30. The van der Waals surface area contributed by atoms with E-state index in [1.165, 1.54) is 12.3 Å². The van der Waals surface area contributed by atoms with E-state index in [1.54, 1.807) is 49.3 Å². The Morgan fingerprint density at radius 1 is 1.25 bits per heavy atom. The first kappa shape index (κ1) is 17.9. The zero-order chi connectivity index (χ0) is 20.1. The Morgan fingerprint density at radius 3 is 2.75 bits per heavy atom. The van der Waals surface area contributed by atoms with Gasteiger partial charge in [-0.25, -0.2) is 13.4 Å². The minimum absolute atomic E-state index is 0.227. The molecule has 2 N–H and O–H groups in total. The second kappa shape index (κ2) is 6.03. The topological polar surface area (TPSA) is 129 Å². The number of aromatic amines is 1. The lowest BCUT2D eigenvalue weighted by atomic mass is 10.1. The average molecular weight is 395 g/mol. The highest BCUT2D eigenvalue weighted by Gasteiger charge is 2.21. The Hall–Kier alpha value is -3.45. The van der Waals surface area contributed by atoms with Crippen molar-refractivity contribution in [3.05, 3.63) is 36.8 Å². The van der Waals surface area contributed by atoms with Crippen molar-refractivity contribution in [3.63, 3.8) is 0 Å². The molecule has 1 aromatic carbocycles. The molecule has 0 aliphatic heterocycles. The SMILES string of the molecule is CC(C)(C#N)n1cc(Nc2nc3ccc(S(C)(=O)=O)cc3c3cn[nH]c23)cn1. The van der Waals surface area contributed by atoms with E-state index < -0.39 is 15.4 Å². The minimum atomic E-state index is -3.33. The number of hydrogen-bond acceptors (Lipinski definition) is 7. The molecule has 4 aromatic rings. The van der Waals surface area contributed by atoms with Gasteiger partial charge in [0, 0.05) is 17.0 Å². The zero-order valence-electron chi connectivity index (χ0n) is 15.4. The molecule has 0 spiro atoms. The van der Waals surface area contributed by atoms with Gasteiger partial charge >= 0.3 is 0 Å². The van der Waals surface area contributed by atoms with Crippen molar-refractivity contribution in [1.29, 1.82) is 5.26 Å². The van der Waals surface area contributed by atoms with Crippen LogP contribution in [0.3, 0.4) is 0 Å².